The van der Waals surface area contributed by atoms with E-state index in [0.717, 1.165) is 15.6 Å². The maximum Gasteiger partial charge on any atom is 0.339 e. The predicted octanol–water partition coefficient (Wildman–Crippen LogP) is 6.54. The fraction of sp³-hybridized carbons (Fsp3) is 0.167. The second-order valence-corrected chi connectivity index (χ2v) is 8.09. The monoisotopic (exact) mass is 515 g/mol. The maximum atomic E-state index is 12.0. The summed E-state index contributed by atoms with van der Waals surface area (Å²) in [6.45, 7) is 4.65. The summed E-state index contributed by atoms with van der Waals surface area (Å²) < 4.78 is 12.4. The molecule has 0 aliphatic heterocycles. The Balaban J connectivity index is 1.67. The summed E-state index contributed by atoms with van der Waals surface area (Å²) in [7, 11) is 0. The van der Waals surface area contributed by atoms with Gasteiger partial charge in [-0.05, 0) is 60.1 Å². The Morgan fingerprint density at radius 2 is 1.81 bits per heavy atom. The number of nitrogens with zero attached hydrogens (tertiary/aromatic N) is 1. The van der Waals surface area contributed by atoms with Gasteiger partial charge in [-0.1, -0.05) is 47.5 Å². The molecule has 6 nitrogen and oxygen atoms in total. The standard InChI is InChI=1S/C24H23BrClN3O3/c1-3-31-22-12-18(14-27-29-24(30)28-19-10-8-16(2)9-11-19)20(25)13-23(22)32-15-17-6-4-5-7-21(17)26/h4-14H,3,15H2,1-2H3,(H2,28,29,30)/b27-14-. The Hall–Kier alpha value is -3.03. The molecule has 0 aliphatic rings. The number of halogens is 2. The number of ether oxygens (including phenoxy) is 2. The maximum absolute atomic E-state index is 12.0. The predicted molar refractivity (Wildman–Crippen MR) is 132 cm³/mol. The van der Waals surface area contributed by atoms with Crippen LogP contribution in [0.5, 0.6) is 11.5 Å². The highest BCUT2D eigenvalue weighted by Crippen LogP contribution is 2.34. The van der Waals surface area contributed by atoms with E-state index in [1.165, 1.54) is 6.21 Å². The van der Waals surface area contributed by atoms with Crippen LogP contribution in [0.1, 0.15) is 23.6 Å². The number of hydrazone groups is 1. The number of aryl methyl sites for hydroxylation is 1. The van der Waals surface area contributed by atoms with Gasteiger partial charge in [0.25, 0.3) is 0 Å². The number of hydrogen-bond donors (Lipinski definition) is 2. The number of rotatable bonds is 8. The largest absolute Gasteiger partial charge is 0.490 e. The van der Waals surface area contributed by atoms with Crippen molar-refractivity contribution in [3.63, 3.8) is 0 Å². The van der Waals surface area contributed by atoms with Crippen molar-refractivity contribution in [3.05, 3.63) is 86.8 Å². The zero-order chi connectivity index (χ0) is 22.9. The van der Waals surface area contributed by atoms with E-state index in [0.29, 0.717) is 41.0 Å². The molecule has 0 aliphatic carbocycles. The number of nitrogens with one attached hydrogen (secondary N) is 2. The molecule has 0 aromatic heterocycles. The van der Waals surface area contributed by atoms with Crippen LogP contribution in [0.4, 0.5) is 10.5 Å². The molecule has 0 spiro atoms. The Labute approximate surface area is 200 Å². The highest BCUT2D eigenvalue weighted by molar-refractivity contribution is 9.10. The van der Waals surface area contributed by atoms with Gasteiger partial charge in [0.15, 0.2) is 11.5 Å². The number of amides is 2. The summed E-state index contributed by atoms with van der Waals surface area (Å²) in [6.07, 6.45) is 1.53. The van der Waals surface area contributed by atoms with E-state index in [9.17, 15) is 4.79 Å². The summed E-state index contributed by atoms with van der Waals surface area (Å²) in [6, 6.07) is 18.1. The van der Waals surface area contributed by atoms with E-state index >= 15 is 0 Å². The first-order chi connectivity index (χ1) is 15.5. The Morgan fingerprint density at radius 3 is 2.53 bits per heavy atom. The summed E-state index contributed by atoms with van der Waals surface area (Å²) in [4.78, 5) is 12.0. The van der Waals surface area contributed by atoms with Gasteiger partial charge in [0.1, 0.15) is 6.61 Å². The fourth-order valence-corrected chi connectivity index (χ4v) is 3.37. The molecular weight excluding hydrogens is 494 g/mol. The van der Waals surface area contributed by atoms with Crippen LogP contribution in [0.15, 0.2) is 70.2 Å². The van der Waals surface area contributed by atoms with Crippen molar-refractivity contribution in [2.45, 2.75) is 20.5 Å². The van der Waals surface area contributed by atoms with Gasteiger partial charge in [0, 0.05) is 26.3 Å². The lowest BCUT2D eigenvalue weighted by molar-refractivity contribution is 0.252. The van der Waals surface area contributed by atoms with Crippen LogP contribution in [0, 0.1) is 6.92 Å². The van der Waals surface area contributed by atoms with E-state index in [2.05, 4.69) is 31.8 Å². The summed E-state index contributed by atoms with van der Waals surface area (Å²) in [5, 5.41) is 7.38. The van der Waals surface area contributed by atoms with Crippen molar-refractivity contribution < 1.29 is 14.3 Å². The number of carbonyl (C=O) groups is 1. The van der Waals surface area contributed by atoms with Crippen molar-refractivity contribution in [2.24, 2.45) is 5.10 Å². The smallest absolute Gasteiger partial charge is 0.339 e. The lowest BCUT2D eigenvalue weighted by Gasteiger charge is -2.14. The average Bonchev–Trinajstić information content (AvgIpc) is 2.77. The van der Waals surface area contributed by atoms with Crippen molar-refractivity contribution in [1.29, 1.82) is 0 Å². The van der Waals surface area contributed by atoms with Crippen molar-refractivity contribution in [3.8, 4) is 11.5 Å². The molecule has 2 N–H and O–H groups in total. The van der Waals surface area contributed by atoms with Gasteiger partial charge in [0.05, 0.1) is 12.8 Å². The van der Waals surface area contributed by atoms with Gasteiger partial charge in [-0.2, -0.15) is 5.10 Å². The first kappa shape index (κ1) is 23.6. The molecule has 0 heterocycles. The molecule has 0 radical (unpaired) electrons. The third-order valence-corrected chi connectivity index (χ3v) is 5.44. The van der Waals surface area contributed by atoms with Crippen LogP contribution in [-0.2, 0) is 6.61 Å². The number of benzene rings is 3. The zero-order valence-electron chi connectivity index (χ0n) is 17.7. The van der Waals surface area contributed by atoms with E-state index in [1.807, 2.05) is 62.4 Å². The van der Waals surface area contributed by atoms with Gasteiger partial charge in [-0.25, -0.2) is 10.2 Å². The van der Waals surface area contributed by atoms with Gasteiger partial charge in [-0.15, -0.1) is 0 Å². The molecule has 0 saturated heterocycles. The number of hydrogen-bond acceptors (Lipinski definition) is 4. The molecule has 3 aromatic carbocycles. The second kappa shape index (κ2) is 11.5. The van der Waals surface area contributed by atoms with Crippen molar-refractivity contribution in [1.82, 2.24) is 5.43 Å². The zero-order valence-corrected chi connectivity index (χ0v) is 20.0. The minimum Gasteiger partial charge on any atom is -0.490 e. The van der Waals surface area contributed by atoms with Crippen molar-refractivity contribution in [2.75, 3.05) is 11.9 Å². The molecule has 0 fully saturated rings. The quantitative estimate of drug-likeness (QED) is 0.264. The van der Waals surface area contributed by atoms with Gasteiger partial charge in [0.2, 0.25) is 0 Å². The first-order valence-electron chi connectivity index (χ1n) is 9.95. The van der Waals surface area contributed by atoms with Crippen LogP contribution in [0.3, 0.4) is 0 Å². The Bertz CT molecular complexity index is 1100. The van der Waals surface area contributed by atoms with E-state index in [1.54, 1.807) is 12.1 Å². The van der Waals surface area contributed by atoms with Crippen molar-refractivity contribution >= 4 is 45.5 Å². The van der Waals surface area contributed by atoms with Crippen LogP contribution in [0.25, 0.3) is 0 Å². The molecule has 3 rings (SSSR count). The van der Waals surface area contributed by atoms with E-state index in [-0.39, 0.29) is 0 Å². The third kappa shape index (κ3) is 6.73. The van der Waals surface area contributed by atoms with Crippen LogP contribution in [0.2, 0.25) is 5.02 Å². The van der Waals surface area contributed by atoms with Gasteiger partial charge >= 0.3 is 6.03 Å². The molecular formula is C24H23BrClN3O3. The number of carbonyl (C=O) groups excluding carboxylic acids is 1. The first-order valence-corrected chi connectivity index (χ1v) is 11.1. The topological polar surface area (TPSA) is 72.0 Å². The SMILES string of the molecule is CCOc1cc(/C=N\NC(=O)Nc2ccc(C)cc2)c(Br)cc1OCc1ccccc1Cl. The molecule has 8 heteroatoms. The Morgan fingerprint density at radius 1 is 1.09 bits per heavy atom. The van der Waals surface area contributed by atoms with E-state index < -0.39 is 6.03 Å². The van der Waals surface area contributed by atoms with Crippen LogP contribution >= 0.6 is 27.5 Å². The Kier molecular flexibility index (Phi) is 8.53. The molecule has 166 valence electrons. The van der Waals surface area contributed by atoms with Gasteiger partial charge in [-0.3, -0.25) is 0 Å². The summed E-state index contributed by atoms with van der Waals surface area (Å²) in [5.74, 6) is 1.13. The summed E-state index contributed by atoms with van der Waals surface area (Å²) in [5.41, 5.74) is 5.84. The highest BCUT2D eigenvalue weighted by Gasteiger charge is 2.11. The number of urea groups is 1. The van der Waals surface area contributed by atoms with Crippen LogP contribution in [-0.4, -0.2) is 18.9 Å². The van der Waals surface area contributed by atoms with E-state index in [4.69, 9.17) is 21.1 Å². The average molecular weight is 517 g/mol. The fourth-order valence-electron chi connectivity index (χ4n) is 2.76. The molecule has 3 aromatic rings. The molecule has 0 saturated carbocycles. The van der Waals surface area contributed by atoms with Crippen LogP contribution < -0.4 is 20.2 Å². The second-order valence-electron chi connectivity index (χ2n) is 6.82. The lowest BCUT2D eigenvalue weighted by atomic mass is 10.2. The molecule has 32 heavy (non-hydrogen) atoms. The number of anilines is 1. The lowest BCUT2D eigenvalue weighted by Crippen LogP contribution is -2.24. The molecule has 0 unspecified atom stereocenters. The van der Waals surface area contributed by atoms with Gasteiger partial charge < -0.3 is 14.8 Å². The third-order valence-electron chi connectivity index (χ3n) is 4.38. The molecule has 0 atom stereocenters. The molecule has 2 amide bonds. The highest BCUT2D eigenvalue weighted by atomic mass is 79.9. The summed E-state index contributed by atoms with van der Waals surface area (Å²) >= 11 is 9.73. The minimum absolute atomic E-state index is 0.306. The normalized spacial score (nSPS) is 10.8. The molecule has 0 bridgehead atoms. The minimum atomic E-state index is -0.439.